The van der Waals surface area contributed by atoms with Crippen molar-refractivity contribution in [2.24, 2.45) is 7.05 Å². The van der Waals surface area contributed by atoms with E-state index in [1.807, 2.05) is 11.7 Å². The highest BCUT2D eigenvalue weighted by atomic mass is 35.5. The van der Waals surface area contributed by atoms with E-state index in [2.05, 4.69) is 24.8 Å². The fourth-order valence-corrected chi connectivity index (χ4v) is 4.30. The predicted molar refractivity (Wildman–Crippen MR) is 114 cm³/mol. The molecule has 0 saturated carbocycles. The van der Waals surface area contributed by atoms with Crippen LogP contribution in [0.25, 0.3) is 11.2 Å². The Morgan fingerprint density at radius 2 is 1.61 bits per heavy atom. The van der Waals surface area contributed by atoms with Gasteiger partial charge in [0.15, 0.2) is 17.0 Å². The highest BCUT2D eigenvalue weighted by Gasteiger charge is 2.37. The fraction of sp³-hybridized carbons (Fsp3) is 0.632. The van der Waals surface area contributed by atoms with Crippen LogP contribution in [-0.4, -0.2) is 114 Å². The Balaban J connectivity index is 0.00000112. The highest BCUT2D eigenvalue weighted by molar-refractivity contribution is 6.28. The maximum atomic E-state index is 13.1. The molecule has 0 atom stereocenters. The quantitative estimate of drug-likeness (QED) is 0.587. The van der Waals surface area contributed by atoms with Gasteiger partial charge in [0.1, 0.15) is 6.79 Å². The number of amides is 1. The normalized spacial score (nSPS) is 20.3. The van der Waals surface area contributed by atoms with Gasteiger partial charge >= 0.3 is 0 Å². The third kappa shape index (κ3) is 4.22. The molecule has 1 amide bonds. The third-order valence-electron chi connectivity index (χ3n) is 5.89. The monoisotopic (exact) mass is 451 g/mol. The molecule has 2 aromatic heterocycles. The van der Waals surface area contributed by atoms with Gasteiger partial charge in [-0.05, 0) is 11.6 Å². The van der Waals surface area contributed by atoms with Crippen molar-refractivity contribution in [1.29, 1.82) is 0 Å². The van der Waals surface area contributed by atoms with E-state index in [1.165, 1.54) is 0 Å². The topological polar surface area (TPSA) is 106 Å². The number of aryl methyl sites for hydroxylation is 1. The van der Waals surface area contributed by atoms with Crippen molar-refractivity contribution in [3.8, 4) is 0 Å². The molecule has 5 heterocycles. The van der Waals surface area contributed by atoms with Gasteiger partial charge in [-0.1, -0.05) is 0 Å². The first-order valence-electron chi connectivity index (χ1n) is 10.2. The molecule has 5 rings (SSSR count). The molecule has 0 bridgehead atoms. The number of imidazole rings is 1. The minimum atomic E-state index is -0.0842. The van der Waals surface area contributed by atoms with E-state index in [0.717, 1.165) is 26.3 Å². The number of ether oxygens (including phenoxy) is 2. The average molecular weight is 452 g/mol. The van der Waals surface area contributed by atoms with E-state index in [4.69, 9.17) is 25.9 Å². The SMILES string of the molecule is C=O.Cn1c(C(=O)N2CC(N3CCOCC3)C2)nc2c(N3CCOCC3)nc(Cl)nc21. The van der Waals surface area contributed by atoms with Gasteiger partial charge in [-0.15, -0.1) is 0 Å². The summed E-state index contributed by atoms with van der Waals surface area (Å²) in [6.07, 6.45) is 0. The van der Waals surface area contributed by atoms with Gasteiger partial charge in [-0.3, -0.25) is 9.69 Å². The zero-order valence-electron chi connectivity index (χ0n) is 17.5. The summed E-state index contributed by atoms with van der Waals surface area (Å²) in [5.41, 5.74) is 1.17. The number of aromatic nitrogens is 4. The van der Waals surface area contributed by atoms with Crippen molar-refractivity contribution < 1.29 is 19.1 Å². The molecule has 2 aromatic rings. The summed E-state index contributed by atoms with van der Waals surface area (Å²) in [4.78, 5) is 40.8. The molecule has 0 unspecified atom stereocenters. The summed E-state index contributed by atoms with van der Waals surface area (Å²) < 4.78 is 12.6. The number of carbonyl (C=O) groups is 2. The Bertz CT molecular complexity index is 937. The third-order valence-corrected chi connectivity index (χ3v) is 6.06. The van der Waals surface area contributed by atoms with Gasteiger partial charge in [0.05, 0.1) is 26.4 Å². The number of anilines is 1. The number of halogens is 1. The van der Waals surface area contributed by atoms with Crippen LogP contribution in [0.1, 0.15) is 10.6 Å². The van der Waals surface area contributed by atoms with Crippen molar-refractivity contribution in [3.05, 3.63) is 11.1 Å². The first-order valence-corrected chi connectivity index (χ1v) is 10.6. The van der Waals surface area contributed by atoms with Crippen LogP contribution in [0.4, 0.5) is 5.82 Å². The number of morpholine rings is 2. The number of fused-ring (bicyclic) bond motifs is 1. The molecule has 11 nitrogen and oxygen atoms in total. The smallest absolute Gasteiger partial charge is 0.290 e. The summed E-state index contributed by atoms with van der Waals surface area (Å²) in [5, 5.41) is 0.150. The lowest BCUT2D eigenvalue weighted by Crippen LogP contribution is -2.63. The molecule has 3 aliphatic rings. The lowest BCUT2D eigenvalue weighted by atomic mass is 10.1. The number of hydrogen-bond donors (Lipinski definition) is 0. The van der Waals surface area contributed by atoms with Crippen molar-refractivity contribution in [3.63, 3.8) is 0 Å². The molecule has 3 fully saturated rings. The predicted octanol–water partition coefficient (Wildman–Crippen LogP) is -0.175. The standard InChI is InChI=1S/C18H24ClN7O3.CH2O/c1-23-14-13(15(22-18(19)21-14)25-4-8-29-9-5-25)20-16(23)17(27)26-10-12(11-26)24-2-6-28-7-3-24;1-2/h12H,2-11H2,1H3;1H2. The van der Waals surface area contributed by atoms with Crippen LogP contribution in [0.15, 0.2) is 0 Å². The Labute approximate surface area is 184 Å². The largest absolute Gasteiger partial charge is 0.379 e. The van der Waals surface area contributed by atoms with Crippen molar-refractivity contribution in [2.45, 2.75) is 6.04 Å². The van der Waals surface area contributed by atoms with Crippen LogP contribution in [0, 0.1) is 0 Å². The molecule has 168 valence electrons. The van der Waals surface area contributed by atoms with Gasteiger partial charge in [-0.2, -0.15) is 9.97 Å². The van der Waals surface area contributed by atoms with Crippen molar-refractivity contribution >= 4 is 41.3 Å². The minimum Gasteiger partial charge on any atom is -0.379 e. The lowest BCUT2D eigenvalue weighted by Gasteiger charge is -2.46. The van der Waals surface area contributed by atoms with E-state index in [-0.39, 0.29) is 11.2 Å². The Morgan fingerprint density at radius 1 is 1.00 bits per heavy atom. The van der Waals surface area contributed by atoms with Gasteiger partial charge in [0.25, 0.3) is 5.91 Å². The maximum Gasteiger partial charge on any atom is 0.290 e. The molecule has 0 aliphatic carbocycles. The van der Waals surface area contributed by atoms with Crippen LogP contribution in [0.5, 0.6) is 0 Å². The van der Waals surface area contributed by atoms with Crippen LogP contribution in [0.3, 0.4) is 0 Å². The molecule has 0 aromatic carbocycles. The van der Waals surface area contributed by atoms with E-state index in [0.29, 0.717) is 68.2 Å². The molecule has 0 N–H and O–H groups in total. The number of likely N-dealkylation sites (tertiary alicyclic amines) is 1. The van der Waals surface area contributed by atoms with Crippen molar-refractivity contribution in [1.82, 2.24) is 29.3 Å². The first-order chi connectivity index (χ1) is 15.1. The first kappa shape index (κ1) is 21.9. The molecular formula is C19H26ClN7O4. The van der Waals surface area contributed by atoms with E-state index < -0.39 is 0 Å². The molecular weight excluding hydrogens is 426 g/mol. The van der Waals surface area contributed by atoms with Crippen LogP contribution < -0.4 is 4.90 Å². The second-order valence-electron chi connectivity index (χ2n) is 7.59. The number of nitrogens with zero attached hydrogens (tertiary/aromatic N) is 7. The number of carbonyl (C=O) groups excluding carboxylic acids is 2. The maximum absolute atomic E-state index is 13.1. The van der Waals surface area contributed by atoms with Crippen LogP contribution in [0.2, 0.25) is 5.28 Å². The molecule has 0 spiro atoms. The second kappa shape index (κ2) is 9.43. The fourth-order valence-electron chi connectivity index (χ4n) is 4.14. The summed E-state index contributed by atoms with van der Waals surface area (Å²) in [7, 11) is 1.80. The second-order valence-corrected chi connectivity index (χ2v) is 7.93. The summed E-state index contributed by atoms with van der Waals surface area (Å²) in [6.45, 7) is 9.46. The highest BCUT2D eigenvalue weighted by Crippen LogP contribution is 2.27. The van der Waals surface area contributed by atoms with E-state index in [1.54, 1.807) is 11.6 Å². The summed E-state index contributed by atoms with van der Waals surface area (Å²) in [6, 6.07) is 0.399. The molecule has 12 heteroatoms. The number of rotatable bonds is 3. The van der Waals surface area contributed by atoms with Gasteiger partial charge in [0.2, 0.25) is 11.1 Å². The Kier molecular flexibility index (Phi) is 6.65. The van der Waals surface area contributed by atoms with Crippen LogP contribution in [-0.2, 0) is 21.3 Å². The average Bonchev–Trinajstić information content (AvgIpc) is 3.11. The summed E-state index contributed by atoms with van der Waals surface area (Å²) in [5.74, 6) is 0.943. The Hall–Kier alpha value is -2.34. The molecule has 0 radical (unpaired) electrons. The van der Waals surface area contributed by atoms with Crippen molar-refractivity contribution in [2.75, 3.05) is 70.6 Å². The van der Waals surface area contributed by atoms with Gasteiger partial charge < -0.3 is 28.6 Å². The van der Waals surface area contributed by atoms with Crippen LogP contribution >= 0.6 is 11.6 Å². The molecule has 3 aliphatic heterocycles. The minimum absolute atomic E-state index is 0.0842. The zero-order chi connectivity index (χ0) is 22.0. The number of hydrogen-bond acceptors (Lipinski definition) is 9. The molecule has 3 saturated heterocycles. The zero-order valence-corrected chi connectivity index (χ0v) is 18.3. The lowest BCUT2D eigenvalue weighted by molar-refractivity contribution is -0.0980. The van der Waals surface area contributed by atoms with E-state index in [9.17, 15) is 4.79 Å². The van der Waals surface area contributed by atoms with Gasteiger partial charge in [-0.25, -0.2) is 4.98 Å². The van der Waals surface area contributed by atoms with E-state index >= 15 is 0 Å². The van der Waals surface area contributed by atoms with Gasteiger partial charge in [0, 0.05) is 52.4 Å². The Morgan fingerprint density at radius 3 is 2.26 bits per heavy atom. The summed E-state index contributed by atoms with van der Waals surface area (Å²) >= 11 is 6.18. The molecule has 31 heavy (non-hydrogen) atoms.